The Hall–Kier alpha value is -1.34. The first-order valence-corrected chi connectivity index (χ1v) is 9.08. The van der Waals surface area contributed by atoms with Gasteiger partial charge in [0, 0.05) is 24.9 Å². The molecule has 118 valence electrons. The number of nitrogens with one attached hydrogen (secondary N) is 1. The van der Waals surface area contributed by atoms with E-state index >= 15 is 0 Å². The first kappa shape index (κ1) is 16.0. The number of hydrogen-bond acceptors (Lipinski definition) is 6. The molecule has 1 N–H and O–H groups in total. The largest absolute Gasteiger partial charge is 0.380 e. The zero-order chi connectivity index (χ0) is 15.3. The van der Waals surface area contributed by atoms with Crippen LogP contribution in [-0.2, 0) is 14.6 Å². The van der Waals surface area contributed by atoms with Gasteiger partial charge in [-0.2, -0.15) is 0 Å². The van der Waals surface area contributed by atoms with Gasteiger partial charge in [-0.05, 0) is 19.1 Å². The second kappa shape index (κ2) is 7.09. The fraction of sp³-hybridized carbons (Fsp3) is 0.643. The lowest BCUT2D eigenvalue weighted by atomic mass is 10.3. The third kappa shape index (κ3) is 4.86. The van der Waals surface area contributed by atoms with E-state index in [1.165, 1.54) is 0 Å². The first-order chi connectivity index (χ1) is 10.00. The minimum atomic E-state index is -2.97. The SMILES string of the molecule is CCS(=O)(=O)C[C@@H](C)Nc1ccc(N2CCOCC2)nc1. The lowest BCUT2D eigenvalue weighted by molar-refractivity contribution is 0.122. The van der Waals surface area contributed by atoms with Crippen molar-refractivity contribution in [2.24, 2.45) is 0 Å². The van der Waals surface area contributed by atoms with Gasteiger partial charge in [0.2, 0.25) is 0 Å². The van der Waals surface area contributed by atoms with Crippen molar-refractivity contribution in [3.8, 4) is 0 Å². The standard InChI is InChI=1S/C14H23N3O3S/c1-3-21(18,19)11-12(2)16-13-4-5-14(15-10-13)17-6-8-20-9-7-17/h4-5,10,12,16H,3,6-9,11H2,1-2H3/t12-/m1/s1. The summed E-state index contributed by atoms with van der Waals surface area (Å²) in [5, 5.41) is 3.18. The molecule has 21 heavy (non-hydrogen) atoms. The summed E-state index contributed by atoms with van der Waals surface area (Å²) in [6, 6.07) is 3.76. The van der Waals surface area contributed by atoms with Crippen LogP contribution in [0.15, 0.2) is 18.3 Å². The van der Waals surface area contributed by atoms with Crippen molar-refractivity contribution in [3.05, 3.63) is 18.3 Å². The lowest BCUT2D eigenvalue weighted by Crippen LogP contribution is -2.36. The maximum atomic E-state index is 11.6. The molecule has 0 unspecified atom stereocenters. The summed E-state index contributed by atoms with van der Waals surface area (Å²) in [4.78, 5) is 6.61. The molecule has 0 saturated carbocycles. The van der Waals surface area contributed by atoms with E-state index in [1.54, 1.807) is 13.1 Å². The fourth-order valence-corrected chi connectivity index (χ4v) is 3.36. The van der Waals surface area contributed by atoms with E-state index in [0.29, 0.717) is 0 Å². The van der Waals surface area contributed by atoms with Gasteiger partial charge >= 0.3 is 0 Å². The number of morpholine rings is 1. The van der Waals surface area contributed by atoms with Gasteiger partial charge in [-0.15, -0.1) is 0 Å². The molecule has 0 spiro atoms. The van der Waals surface area contributed by atoms with Gasteiger partial charge in [-0.3, -0.25) is 0 Å². The van der Waals surface area contributed by atoms with Crippen molar-refractivity contribution >= 4 is 21.3 Å². The normalized spacial score (nSPS) is 17.5. The molecule has 1 aliphatic heterocycles. The van der Waals surface area contributed by atoms with Gasteiger partial charge in [0.15, 0.2) is 9.84 Å². The predicted molar refractivity (Wildman–Crippen MR) is 84.7 cm³/mol. The molecule has 7 heteroatoms. The predicted octanol–water partition coefficient (Wildman–Crippen LogP) is 1.15. The molecule has 0 radical (unpaired) electrons. The van der Waals surface area contributed by atoms with E-state index in [9.17, 15) is 8.42 Å². The van der Waals surface area contributed by atoms with E-state index in [-0.39, 0.29) is 17.5 Å². The smallest absolute Gasteiger partial charge is 0.152 e. The van der Waals surface area contributed by atoms with Crippen molar-refractivity contribution in [2.45, 2.75) is 19.9 Å². The summed E-state index contributed by atoms with van der Waals surface area (Å²) in [7, 11) is -2.97. The fourth-order valence-electron chi connectivity index (χ4n) is 2.28. The molecule has 1 aromatic rings. The zero-order valence-electron chi connectivity index (χ0n) is 12.6. The summed E-state index contributed by atoms with van der Waals surface area (Å²) in [5.74, 6) is 1.24. The lowest BCUT2D eigenvalue weighted by Gasteiger charge is -2.27. The van der Waals surface area contributed by atoms with Crippen molar-refractivity contribution in [1.29, 1.82) is 0 Å². The van der Waals surface area contributed by atoms with E-state index < -0.39 is 9.84 Å². The Morgan fingerprint density at radius 2 is 2.10 bits per heavy atom. The van der Waals surface area contributed by atoms with Gasteiger partial charge in [0.05, 0.1) is 30.9 Å². The summed E-state index contributed by atoms with van der Waals surface area (Å²) in [5.41, 5.74) is 0.839. The van der Waals surface area contributed by atoms with E-state index in [1.807, 2.05) is 19.1 Å². The Balaban J connectivity index is 1.92. The molecule has 1 aromatic heterocycles. The number of ether oxygens (including phenoxy) is 1. The molecular weight excluding hydrogens is 290 g/mol. The van der Waals surface area contributed by atoms with Crippen LogP contribution >= 0.6 is 0 Å². The van der Waals surface area contributed by atoms with Crippen LogP contribution in [0, 0.1) is 0 Å². The molecule has 0 amide bonds. The Morgan fingerprint density at radius 3 is 2.67 bits per heavy atom. The Bertz CT molecular complexity index is 539. The van der Waals surface area contributed by atoms with Crippen LogP contribution in [0.1, 0.15) is 13.8 Å². The van der Waals surface area contributed by atoms with Crippen molar-refractivity contribution in [3.63, 3.8) is 0 Å². The molecule has 1 atom stereocenters. The maximum Gasteiger partial charge on any atom is 0.152 e. The monoisotopic (exact) mass is 313 g/mol. The van der Waals surface area contributed by atoms with Crippen LogP contribution in [0.4, 0.5) is 11.5 Å². The molecular formula is C14H23N3O3S. The van der Waals surface area contributed by atoms with Crippen LogP contribution in [0.5, 0.6) is 0 Å². The summed E-state index contributed by atoms with van der Waals surface area (Å²) in [6.07, 6.45) is 1.75. The van der Waals surface area contributed by atoms with E-state index in [2.05, 4.69) is 15.2 Å². The third-order valence-electron chi connectivity index (χ3n) is 3.44. The first-order valence-electron chi connectivity index (χ1n) is 7.26. The Morgan fingerprint density at radius 1 is 1.38 bits per heavy atom. The van der Waals surface area contributed by atoms with Gasteiger partial charge in [0.1, 0.15) is 5.82 Å². The molecule has 0 aromatic carbocycles. The molecule has 0 aliphatic carbocycles. The highest BCUT2D eigenvalue weighted by molar-refractivity contribution is 7.91. The highest BCUT2D eigenvalue weighted by Crippen LogP contribution is 2.16. The van der Waals surface area contributed by atoms with E-state index in [4.69, 9.17) is 4.74 Å². The van der Waals surface area contributed by atoms with Crippen LogP contribution in [0.3, 0.4) is 0 Å². The van der Waals surface area contributed by atoms with Crippen LogP contribution in [0.2, 0.25) is 0 Å². The average Bonchev–Trinajstić information content (AvgIpc) is 2.48. The summed E-state index contributed by atoms with van der Waals surface area (Å²) >= 11 is 0. The molecule has 2 rings (SSSR count). The number of pyridine rings is 1. The van der Waals surface area contributed by atoms with Gasteiger partial charge in [-0.1, -0.05) is 6.92 Å². The van der Waals surface area contributed by atoms with Gasteiger partial charge in [0.25, 0.3) is 0 Å². The second-order valence-electron chi connectivity index (χ2n) is 5.25. The minimum absolute atomic E-state index is 0.133. The Kier molecular flexibility index (Phi) is 5.41. The Labute approximate surface area is 126 Å². The molecule has 1 aliphatic rings. The van der Waals surface area contributed by atoms with Crippen molar-refractivity contribution in [1.82, 2.24) is 4.98 Å². The van der Waals surface area contributed by atoms with Crippen molar-refractivity contribution < 1.29 is 13.2 Å². The molecule has 2 heterocycles. The number of rotatable bonds is 6. The average molecular weight is 313 g/mol. The van der Waals surface area contributed by atoms with Crippen molar-refractivity contribution in [2.75, 3.05) is 48.0 Å². The zero-order valence-corrected chi connectivity index (χ0v) is 13.4. The highest BCUT2D eigenvalue weighted by Gasteiger charge is 2.15. The van der Waals surface area contributed by atoms with Gasteiger partial charge < -0.3 is 15.0 Å². The topological polar surface area (TPSA) is 71.5 Å². The van der Waals surface area contributed by atoms with Crippen LogP contribution < -0.4 is 10.2 Å². The van der Waals surface area contributed by atoms with Crippen LogP contribution in [0.25, 0.3) is 0 Å². The number of hydrogen-bond donors (Lipinski definition) is 1. The highest BCUT2D eigenvalue weighted by atomic mass is 32.2. The molecule has 0 bridgehead atoms. The van der Waals surface area contributed by atoms with E-state index in [0.717, 1.165) is 37.8 Å². The quantitative estimate of drug-likeness (QED) is 0.849. The molecule has 6 nitrogen and oxygen atoms in total. The van der Waals surface area contributed by atoms with Gasteiger partial charge in [-0.25, -0.2) is 13.4 Å². The number of aromatic nitrogens is 1. The number of sulfone groups is 1. The molecule has 1 saturated heterocycles. The summed E-state index contributed by atoms with van der Waals surface area (Å²) < 4.78 is 28.5. The summed E-state index contributed by atoms with van der Waals surface area (Å²) in [6.45, 7) is 6.70. The third-order valence-corrected chi connectivity index (χ3v) is 5.33. The maximum absolute atomic E-state index is 11.6. The minimum Gasteiger partial charge on any atom is -0.380 e. The van der Waals surface area contributed by atoms with Crippen LogP contribution in [-0.4, -0.2) is 57.3 Å². The number of anilines is 2. The molecule has 1 fully saturated rings. The second-order valence-corrected chi connectivity index (χ2v) is 7.65. The number of nitrogens with zero attached hydrogens (tertiary/aromatic N) is 2.